The van der Waals surface area contributed by atoms with Crippen molar-refractivity contribution in [3.63, 3.8) is 0 Å². The van der Waals surface area contributed by atoms with Crippen LogP contribution in [0.25, 0.3) is 0 Å². The Morgan fingerprint density at radius 1 is 1.32 bits per heavy atom. The van der Waals surface area contributed by atoms with Gasteiger partial charge in [-0.15, -0.1) is 0 Å². The number of benzene rings is 1. The molecule has 0 fully saturated rings. The van der Waals surface area contributed by atoms with E-state index < -0.39 is 0 Å². The highest BCUT2D eigenvalue weighted by molar-refractivity contribution is 5.94. The maximum Gasteiger partial charge on any atom is 0.251 e. The number of hydrogen-bond donors (Lipinski definition) is 2. The van der Waals surface area contributed by atoms with Crippen LogP contribution in [0.2, 0.25) is 0 Å². The molecule has 0 bridgehead atoms. The quantitative estimate of drug-likeness (QED) is 0.805. The van der Waals surface area contributed by atoms with E-state index in [1.807, 2.05) is 0 Å². The Hall–Kier alpha value is -1.71. The SMILES string of the molecule is CNC(=O)c1cc(O)cc(OCCCC(C)(C)C)c1. The van der Waals surface area contributed by atoms with Gasteiger partial charge in [0, 0.05) is 18.7 Å². The molecule has 2 N–H and O–H groups in total. The van der Waals surface area contributed by atoms with Crippen LogP contribution < -0.4 is 10.1 Å². The van der Waals surface area contributed by atoms with Crippen molar-refractivity contribution in [3.05, 3.63) is 23.8 Å². The molecule has 0 aromatic heterocycles. The number of carbonyl (C=O) groups is 1. The van der Waals surface area contributed by atoms with Gasteiger partial charge in [0.15, 0.2) is 0 Å². The smallest absolute Gasteiger partial charge is 0.251 e. The molecule has 19 heavy (non-hydrogen) atoms. The molecule has 0 aliphatic heterocycles. The van der Waals surface area contributed by atoms with Crippen LogP contribution in [0.5, 0.6) is 11.5 Å². The fourth-order valence-corrected chi connectivity index (χ4v) is 1.73. The summed E-state index contributed by atoms with van der Waals surface area (Å²) >= 11 is 0. The van der Waals surface area contributed by atoms with Gasteiger partial charge < -0.3 is 15.2 Å². The number of aromatic hydroxyl groups is 1. The summed E-state index contributed by atoms with van der Waals surface area (Å²) < 4.78 is 5.58. The normalized spacial score (nSPS) is 11.2. The predicted octanol–water partition coefficient (Wildman–Crippen LogP) is 2.96. The Labute approximate surface area is 114 Å². The third kappa shape index (κ3) is 5.64. The molecule has 1 rings (SSSR count). The molecular weight excluding hydrogens is 242 g/mol. The molecule has 106 valence electrons. The first-order chi connectivity index (χ1) is 8.81. The number of amides is 1. The van der Waals surface area contributed by atoms with Gasteiger partial charge in [0.25, 0.3) is 5.91 Å². The summed E-state index contributed by atoms with van der Waals surface area (Å²) in [5.74, 6) is 0.315. The van der Waals surface area contributed by atoms with Crippen molar-refractivity contribution < 1.29 is 14.6 Å². The number of ether oxygens (including phenoxy) is 1. The third-order valence-electron chi connectivity index (χ3n) is 2.72. The Morgan fingerprint density at radius 2 is 2.00 bits per heavy atom. The van der Waals surface area contributed by atoms with E-state index in [1.54, 1.807) is 13.1 Å². The molecule has 0 aliphatic rings. The van der Waals surface area contributed by atoms with Crippen LogP contribution in [0.3, 0.4) is 0 Å². The van der Waals surface area contributed by atoms with Crippen molar-refractivity contribution >= 4 is 5.91 Å². The largest absolute Gasteiger partial charge is 0.508 e. The monoisotopic (exact) mass is 265 g/mol. The first-order valence-electron chi connectivity index (χ1n) is 6.51. The summed E-state index contributed by atoms with van der Waals surface area (Å²) in [5.41, 5.74) is 0.684. The van der Waals surface area contributed by atoms with E-state index in [9.17, 15) is 9.90 Å². The summed E-state index contributed by atoms with van der Waals surface area (Å²) in [6, 6.07) is 4.57. The number of phenolic OH excluding ortho intramolecular Hbond substituents is 1. The molecule has 0 heterocycles. The zero-order chi connectivity index (χ0) is 14.5. The molecule has 1 aromatic rings. The molecule has 0 saturated heterocycles. The lowest BCUT2D eigenvalue weighted by Gasteiger charge is -2.17. The average molecular weight is 265 g/mol. The Kier molecular flexibility index (Phi) is 5.21. The van der Waals surface area contributed by atoms with E-state index in [2.05, 4.69) is 26.1 Å². The van der Waals surface area contributed by atoms with Gasteiger partial charge in [-0.2, -0.15) is 0 Å². The first kappa shape index (κ1) is 15.3. The maximum absolute atomic E-state index is 11.5. The molecule has 1 aromatic carbocycles. The molecule has 0 aliphatic carbocycles. The van der Waals surface area contributed by atoms with Crippen LogP contribution in [0, 0.1) is 5.41 Å². The predicted molar refractivity (Wildman–Crippen MR) is 75.7 cm³/mol. The molecule has 0 atom stereocenters. The van der Waals surface area contributed by atoms with Gasteiger partial charge in [-0.25, -0.2) is 0 Å². The molecule has 4 heteroatoms. The zero-order valence-corrected chi connectivity index (χ0v) is 12.1. The molecule has 0 unspecified atom stereocenters. The molecule has 4 nitrogen and oxygen atoms in total. The topological polar surface area (TPSA) is 58.6 Å². The van der Waals surface area contributed by atoms with E-state index >= 15 is 0 Å². The molecule has 0 spiro atoms. The first-order valence-corrected chi connectivity index (χ1v) is 6.51. The summed E-state index contributed by atoms with van der Waals surface area (Å²) in [5, 5.41) is 12.1. The minimum atomic E-state index is -0.240. The van der Waals surface area contributed by atoms with E-state index in [1.165, 1.54) is 12.1 Å². The Balaban J connectivity index is 2.59. The van der Waals surface area contributed by atoms with Crippen LogP contribution in [-0.2, 0) is 0 Å². The van der Waals surface area contributed by atoms with E-state index in [0.717, 1.165) is 12.8 Å². The number of nitrogens with one attached hydrogen (secondary N) is 1. The Bertz CT molecular complexity index is 436. The van der Waals surface area contributed by atoms with Gasteiger partial charge >= 0.3 is 0 Å². The van der Waals surface area contributed by atoms with Crippen molar-refractivity contribution in [2.75, 3.05) is 13.7 Å². The van der Waals surface area contributed by atoms with Gasteiger partial charge in [0.2, 0.25) is 0 Å². The lowest BCUT2D eigenvalue weighted by molar-refractivity contribution is 0.0962. The van der Waals surface area contributed by atoms with Gasteiger partial charge in [-0.3, -0.25) is 4.79 Å². The minimum Gasteiger partial charge on any atom is -0.508 e. The number of carbonyl (C=O) groups excluding carboxylic acids is 1. The second kappa shape index (κ2) is 6.45. The molecule has 1 amide bonds. The fourth-order valence-electron chi connectivity index (χ4n) is 1.73. The maximum atomic E-state index is 11.5. The van der Waals surface area contributed by atoms with Crippen molar-refractivity contribution in [2.45, 2.75) is 33.6 Å². The van der Waals surface area contributed by atoms with E-state index in [4.69, 9.17) is 4.74 Å². The van der Waals surface area contributed by atoms with Crippen molar-refractivity contribution in [1.82, 2.24) is 5.32 Å². The summed E-state index contributed by atoms with van der Waals surface area (Å²) in [7, 11) is 1.55. The van der Waals surface area contributed by atoms with E-state index in [-0.39, 0.29) is 17.1 Å². The van der Waals surface area contributed by atoms with E-state index in [0.29, 0.717) is 17.9 Å². The number of hydrogen-bond acceptors (Lipinski definition) is 3. The number of phenols is 1. The van der Waals surface area contributed by atoms with Crippen LogP contribution in [-0.4, -0.2) is 24.7 Å². The summed E-state index contributed by atoms with van der Waals surface area (Å²) in [6.45, 7) is 7.13. The third-order valence-corrected chi connectivity index (χ3v) is 2.72. The van der Waals surface area contributed by atoms with Gasteiger partial charge in [0.1, 0.15) is 11.5 Å². The molecule has 0 saturated carbocycles. The highest BCUT2D eigenvalue weighted by atomic mass is 16.5. The van der Waals surface area contributed by atoms with Crippen LogP contribution in [0.15, 0.2) is 18.2 Å². The van der Waals surface area contributed by atoms with Crippen LogP contribution in [0.1, 0.15) is 44.0 Å². The van der Waals surface area contributed by atoms with Crippen LogP contribution >= 0.6 is 0 Å². The second-order valence-electron chi connectivity index (χ2n) is 5.81. The van der Waals surface area contributed by atoms with Gasteiger partial charge in [-0.1, -0.05) is 20.8 Å². The highest BCUT2D eigenvalue weighted by Crippen LogP contribution is 2.24. The fraction of sp³-hybridized carbons (Fsp3) is 0.533. The summed E-state index contributed by atoms with van der Waals surface area (Å²) in [4.78, 5) is 11.5. The zero-order valence-electron chi connectivity index (χ0n) is 12.1. The summed E-state index contributed by atoms with van der Waals surface area (Å²) in [6.07, 6.45) is 2.00. The Morgan fingerprint density at radius 3 is 2.58 bits per heavy atom. The average Bonchev–Trinajstić information content (AvgIpc) is 2.32. The molecular formula is C15H23NO3. The highest BCUT2D eigenvalue weighted by Gasteiger charge is 2.10. The van der Waals surface area contributed by atoms with Crippen molar-refractivity contribution in [1.29, 1.82) is 0 Å². The minimum absolute atomic E-state index is 0.0342. The number of rotatable bonds is 5. The van der Waals surface area contributed by atoms with Gasteiger partial charge in [-0.05, 0) is 30.4 Å². The second-order valence-corrected chi connectivity index (χ2v) is 5.81. The van der Waals surface area contributed by atoms with Gasteiger partial charge in [0.05, 0.1) is 6.61 Å². The standard InChI is InChI=1S/C15H23NO3/c1-15(2,3)6-5-7-19-13-9-11(14(18)16-4)8-12(17)10-13/h8-10,17H,5-7H2,1-4H3,(H,16,18). The molecule has 0 radical (unpaired) electrons. The lowest BCUT2D eigenvalue weighted by Crippen LogP contribution is -2.17. The lowest BCUT2D eigenvalue weighted by atomic mass is 9.91. The van der Waals surface area contributed by atoms with Crippen molar-refractivity contribution in [2.24, 2.45) is 5.41 Å². The van der Waals surface area contributed by atoms with Crippen LogP contribution in [0.4, 0.5) is 0 Å². The van der Waals surface area contributed by atoms with Crippen molar-refractivity contribution in [3.8, 4) is 11.5 Å².